The van der Waals surface area contributed by atoms with Gasteiger partial charge in [0.2, 0.25) is 0 Å². The molecule has 1 fully saturated rings. The summed E-state index contributed by atoms with van der Waals surface area (Å²) in [5.74, 6) is 0.802. The van der Waals surface area contributed by atoms with Gasteiger partial charge >= 0.3 is 0 Å². The molecular weight excluding hydrogens is 100 g/mol. The first-order valence-electron chi connectivity index (χ1n) is 3.07. The van der Waals surface area contributed by atoms with Crippen LogP contribution in [-0.2, 0) is 0 Å². The van der Waals surface area contributed by atoms with Gasteiger partial charge in [-0.1, -0.05) is 6.92 Å². The van der Waals surface area contributed by atoms with Crippen LogP contribution in [0.25, 0.3) is 0 Å². The van der Waals surface area contributed by atoms with Crippen LogP contribution in [0.15, 0.2) is 0 Å². The molecule has 0 bridgehead atoms. The summed E-state index contributed by atoms with van der Waals surface area (Å²) in [4.78, 5) is 2.05. The van der Waals surface area contributed by atoms with Crippen LogP contribution in [0.2, 0.25) is 0 Å². The third kappa shape index (κ3) is 0.997. The van der Waals surface area contributed by atoms with Gasteiger partial charge in [0.15, 0.2) is 0 Å². The molecule has 0 amide bonds. The van der Waals surface area contributed by atoms with Crippen LogP contribution in [-0.4, -0.2) is 24.3 Å². The lowest BCUT2D eigenvalue weighted by Crippen LogP contribution is -2.16. The van der Waals surface area contributed by atoms with E-state index >= 15 is 0 Å². The average Bonchev–Trinajstić information content (AvgIpc) is 2.14. The van der Waals surface area contributed by atoms with Crippen molar-refractivity contribution in [3.05, 3.63) is 0 Å². The van der Waals surface area contributed by atoms with Gasteiger partial charge in [0.25, 0.3) is 0 Å². The van der Waals surface area contributed by atoms with Crippen LogP contribution >= 0.6 is 0 Å². The fraction of sp³-hybridized carbons (Fsp3) is 0.833. The van der Waals surface area contributed by atoms with Crippen molar-refractivity contribution in [2.45, 2.75) is 13.3 Å². The summed E-state index contributed by atoms with van der Waals surface area (Å²) in [5, 5.41) is 6.89. The number of hydrogen-bond acceptors (Lipinski definition) is 1. The van der Waals surface area contributed by atoms with E-state index in [9.17, 15) is 0 Å². The van der Waals surface area contributed by atoms with E-state index in [1.165, 1.54) is 12.8 Å². The third-order valence-electron chi connectivity index (χ3n) is 1.64. The van der Waals surface area contributed by atoms with E-state index in [0.717, 1.165) is 19.0 Å². The average molecular weight is 112 g/mol. The smallest absolute Gasteiger partial charge is 0.0817 e. The van der Waals surface area contributed by atoms with Gasteiger partial charge in [0.1, 0.15) is 0 Å². The Morgan fingerprint density at radius 1 is 1.75 bits per heavy atom. The summed E-state index contributed by atoms with van der Waals surface area (Å²) in [6, 6.07) is 0. The molecule has 1 aliphatic heterocycles. The molecule has 0 radical (unpaired) electrons. The number of nitrogens with one attached hydrogen (secondary N) is 1. The van der Waals surface area contributed by atoms with Crippen molar-refractivity contribution in [2.24, 2.45) is 5.92 Å². The minimum Gasteiger partial charge on any atom is -0.363 e. The first kappa shape index (κ1) is 5.60. The number of hydrogen-bond donors (Lipinski definition) is 1. The molecule has 1 aliphatic rings. The van der Waals surface area contributed by atoms with Crippen molar-refractivity contribution in [1.82, 2.24) is 4.90 Å². The molecule has 8 heavy (non-hydrogen) atoms. The molecule has 0 spiro atoms. The minimum atomic E-state index is 0.802. The van der Waals surface area contributed by atoms with Crippen molar-refractivity contribution in [3.63, 3.8) is 0 Å². The molecule has 1 atom stereocenters. The van der Waals surface area contributed by atoms with E-state index < -0.39 is 0 Å². The van der Waals surface area contributed by atoms with Crippen molar-refractivity contribution in [2.75, 3.05) is 13.1 Å². The molecule has 2 nitrogen and oxygen atoms in total. The second-order valence-corrected chi connectivity index (χ2v) is 2.52. The van der Waals surface area contributed by atoms with Gasteiger partial charge in [-0.25, -0.2) is 0 Å². The van der Waals surface area contributed by atoms with Crippen LogP contribution in [0.1, 0.15) is 13.3 Å². The molecule has 1 rings (SSSR count). The topological polar surface area (TPSA) is 27.1 Å². The molecule has 0 aromatic carbocycles. The van der Waals surface area contributed by atoms with Gasteiger partial charge in [0, 0.05) is 13.1 Å². The van der Waals surface area contributed by atoms with E-state index in [4.69, 9.17) is 5.41 Å². The van der Waals surface area contributed by atoms with Gasteiger partial charge < -0.3 is 4.90 Å². The second kappa shape index (κ2) is 2.16. The Bertz CT molecular complexity index is 90.5. The molecule has 1 N–H and O–H groups in total. The van der Waals surface area contributed by atoms with Crippen molar-refractivity contribution < 1.29 is 0 Å². The fourth-order valence-electron chi connectivity index (χ4n) is 1.09. The van der Waals surface area contributed by atoms with E-state index in [0.29, 0.717) is 0 Å². The first-order valence-corrected chi connectivity index (χ1v) is 3.07. The highest BCUT2D eigenvalue weighted by atomic mass is 15.1. The number of rotatable bonds is 1. The van der Waals surface area contributed by atoms with Gasteiger partial charge in [-0.2, -0.15) is 0 Å². The van der Waals surface area contributed by atoms with E-state index in [1.807, 2.05) is 4.90 Å². The predicted molar refractivity (Wildman–Crippen MR) is 34.1 cm³/mol. The Balaban J connectivity index is 2.32. The maximum Gasteiger partial charge on any atom is 0.0817 e. The zero-order chi connectivity index (χ0) is 5.98. The van der Waals surface area contributed by atoms with Gasteiger partial charge in [0.05, 0.1) is 6.34 Å². The van der Waals surface area contributed by atoms with Crippen LogP contribution in [0.4, 0.5) is 0 Å². The van der Waals surface area contributed by atoms with Gasteiger partial charge in [-0.15, -0.1) is 0 Å². The molecule has 46 valence electrons. The van der Waals surface area contributed by atoms with Crippen LogP contribution in [0, 0.1) is 11.3 Å². The zero-order valence-electron chi connectivity index (χ0n) is 5.22. The van der Waals surface area contributed by atoms with Crippen LogP contribution < -0.4 is 0 Å². The van der Waals surface area contributed by atoms with Crippen LogP contribution in [0.3, 0.4) is 0 Å². The van der Waals surface area contributed by atoms with E-state index in [2.05, 4.69) is 6.92 Å². The molecule has 0 aliphatic carbocycles. The number of nitrogens with zero attached hydrogens (tertiary/aromatic N) is 1. The van der Waals surface area contributed by atoms with Gasteiger partial charge in [-0.3, -0.25) is 5.41 Å². The molecule has 0 saturated carbocycles. The van der Waals surface area contributed by atoms with Crippen LogP contribution in [0.5, 0.6) is 0 Å². The van der Waals surface area contributed by atoms with Crippen molar-refractivity contribution >= 4 is 6.34 Å². The molecular formula is C6H12N2. The fourth-order valence-corrected chi connectivity index (χ4v) is 1.09. The molecule has 1 saturated heterocycles. The lowest BCUT2D eigenvalue weighted by atomic mass is 10.2. The quantitative estimate of drug-likeness (QED) is 0.396. The minimum absolute atomic E-state index is 0.802. The maximum atomic E-state index is 6.89. The Labute approximate surface area is 50.0 Å². The summed E-state index contributed by atoms with van der Waals surface area (Å²) in [7, 11) is 0. The van der Waals surface area contributed by atoms with Crippen molar-refractivity contribution in [1.29, 1.82) is 5.41 Å². The number of likely N-dealkylation sites (tertiary alicyclic amines) is 1. The standard InChI is InChI=1S/C6H12N2/c1-6-2-3-8(4-6)5-7/h5-7H,2-4H2,1H3. The Morgan fingerprint density at radius 2 is 2.50 bits per heavy atom. The summed E-state index contributed by atoms with van der Waals surface area (Å²) in [5.41, 5.74) is 0. The maximum absolute atomic E-state index is 6.89. The normalized spacial score (nSPS) is 28.6. The third-order valence-corrected chi connectivity index (χ3v) is 1.64. The predicted octanol–water partition coefficient (Wildman–Crippen LogP) is 0.935. The highest BCUT2D eigenvalue weighted by Crippen LogP contribution is 2.12. The lowest BCUT2D eigenvalue weighted by molar-refractivity contribution is 0.505. The molecule has 1 unspecified atom stereocenters. The Kier molecular flexibility index (Phi) is 1.51. The molecule has 0 aromatic rings. The molecule has 2 heteroatoms. The Morgan fingerprint density at radius 3 is 2.75 bits per heavy atom. The SMILES string of the molecule is CC1CCN(C=N)C1. The first-order chi connectivity index (χ1) is 3.83. The zero-order valence-corrected chi connectivity index (χ0v) is 5.22. The molecule has 1 heterocycles. The lowest BCUT2D eigenvalue weighted by Gasteiger charge is -2.07. The highest BCUT2D eigenvalue weighted by molar-refractivity contribution is 5.50. The van der Waals surface area contributed by atoms with E-state index in [1.54, 1.807) is 0 Å². The molecule has 0 aromatic heterocycles. The summed E-state index contributed by atoms with van der Waals surface area (Å²) >= 11 is 0. The largest absolute Gasteiger partial charge is 0.363 e. The summed E-state index contributed by atoms with van der Waals surface area (Å²) < 4.78 is 0. The summed E-state index contributed by atoms with van der Waals surface area (Å²) in [6.07, 6.45) is 2.69. The summed E-state index contributed by atoms with van der Waals surface area (Å²) in [6.45, 7) is 4.40. The Hall–Kier alpha value is -0.530. The highest BCUT2D eigenvalue weighted by Gasteiger charge is 2.14. The van der Waals surface area contributed by atoms with E-state index in [-0.39, 0.29) is 0 Å². The van der Waals surface area contributed by atoms with Gasteiger partial charge in [-0.05, 0) is 12.3 Å². The second-order valence-electron chi connectivity index (χ2n) is 2.52. The van der Waals surface area contributed by atoms with Crippen molar-refractivity contribution in [3.8, 4) is 0 Å². The monoisotopic (exact) mass is 112 g/mol.